The Bertz CT molecular complexity index is 1370. The molecular formula is C27H23Cl2N3O3S. The zero-order valence-corrected chi connectivity index (χ0v) is 22.2. The average Bonchev–Trinajstić information content (AvgIpc) is 3.14. The van der Waals surface area contributed by atoms with Gasteiger partial charge in [0.15, 0.2) is 5.17 Å². The maximum atomic E-state index is 13.5. The smallest absolute Gasteiger partial charge is 0.283 e. The number of methoxy groups -OCH3 is 1. The highest BCUT2D eigenvalue weighted by Crippen LogP contribution is 2.31. The first-order valence-electron chi connectivity index (χ1n) is 11.0. The summed E-state index contributed by atoms with van der Waals surface area (Å²) in [5.41, 5.74) is 4.28. The monoisotopic (exact) mass is 539 g/mol. The molecule has 0 fully saturated rings. The van der Waals surface area contributed by atoms with E-state index in [2.05, 4.69) is 10.3 Å². The Kier molecular flexibility index (Phi) is 8.04. The van der Waals surface area contributed by atoms with Crippen LogP contribution in [0, 0.1) is 13.8 Å². The highest BCUT2D eigenvalue weighted by Gasteiger charge is 2.32. The van der Waals surface area contributed by atoms with E-state index in [0.717, 1.165) is 22.4 Å². The molecule has 6 nitrogen and oxygen atoms in total. The number of benzene rings is 3. The third kappa shape index (κ3) is 6.10. The molecule has 0 unspecified atom stereocenters. The second-order valence-electron chi connectivity index (χ2n) is 8.14. The zero-order valence-electron chi connectivity index (χ0n) is 19.8. The van der Waals surface area contributed by atoms with Crippen molar-refractivity contribution in [1.82, 2.24) is 0 Å². The Morgan fingerprint density at radius 3 is 2.39 bits per heavy atom. The summed E-state index contributed by atoms with van der Waals surface area (Å²) in [6, 6.07) is 18.1. The van der Waals surface area contributed by atoms with Crippen LogP contribution in [0.5, 0.6) is 5.75 Å². The second kappa shape index (κ2) is 11.2. The van der Waals surface area contributed by atoms with E-state index in [0.29, 0.717) is 26.6 Å². The van der Waals surface area contributed by atoms with Gasteiger partial charge in [-0.3, -0.25) is 14.5 Å². The van der Waals surface area contributed by atoms with Crippen molar-refractivity contribution in [2.45, 2.75) is 13.8 Å². The minimum Gasteiger partial charge on any atom is -0.497 e. The molecule has 1 heterocycles. The first-order valence-corrected chi connectivity index (χ1v) is 12.7. The molecule has 1 aliphatic rings. The Labute approximate surface area is 224 Å². The number of ether oxygens (including phenoxy) is 1. The molecule has 0 aliphatic carbocycles. The summed E-state index contributed by atoms with van der Waals surface area (Å²) in [5, 5.41) is 4.01. The normalized spacial score (nSPS) is 14.2. The molecule has 9 heteroatoms. The molecule has 36 heavy (non-hydrogen) atoms. The van der Waals surface area contributed by atoms with Gasteiger partial charge in [0.2, 0.25) is 5.91 Å². The van der Waals surface area contributed by atoms with E-state index in [1.807, 2.05) is 56.3 Å². The molecule has 184 valence electrons. The largest absolute Gasteiger partial charge is 0.497 e. The van der Waals surface area contributed by atoms with E-state index in [1.165, 1.54) is 11.8 Å². The number of thioether (sulfide) groups is 1. The fourth-order valence-corrected chi connectivity index (χ4v) is 4.93. The van der Waals surface area contributed by atoms with Gasteiger partial charge in [0.1, 0.15) is 11.4 Å². The van der Waals surface area contributed by atoms with Gasteiger partial charge in [-0.1, -0.05) is 53.2 Å². The summed E-state index contributed by atoms with van der Waals surface area (Å²) in [5.74, 6) is 0.201. The van der Waals surface area contributed by atoms with Crippen LogP contribution in [0.15, 0.2) is 71.4 Å². The maximum Gasteiger partial charge on any atom is 0.283 e. The number of amidine groups is 1. The van der Waals surface area contributed by atoms with Crippen molar-refractivity contribution < 1.29 is 14.3 Å². The zero-order chi connectivity index (χ0) is 25.8. The van der Waals surface area contributed by atoms with Gasteiger partial charge >= 0.3 is 0 Å². The maximum absolute atomic E-state index is 13.5. The van der Waals surface area contributed by atoms with E-state index < -0.39 is 0 Å². The van der Waals surface area contributed by atoms with E-state index in [-0.39, 0.29) is 23.3 Å². The first kappa shape index (κ1) is 25.8. The summed E-state index contributed by atoms with van der Waals surface area (Å²) < 4.78 is 5.21. The van der Waals surface area contributed by atoms with Crippen LogP contribution in [-0.4, -0.2) is 29.8 Å². The van der Waals surface area contributed by atoms with E-state index in [4.69, 9.17) is 27.9 Å². The lowest BCUT2D eigenvalue weighted by molar-refractivity contribution is -0.114. The van der Waals surface area contributed by atoms with Crippen LogP contribution in [-0.2, 0) is 9.59 Å². The van der Waals surface area contributed by atoms with Crippen molar-refractivity contribution in [3.05, 3.63) is 93.1 Å². The van der Waals surface area contributed by atoms with Gasteiger partial charge in [-0.15, -0.1) is 0 Å². The number of nitrogens with zero attached hydrogens (tertiary/aromatic N) is 2. The number of aliphatic imine (C=N–C) groups is 1. The summed E-state index contributed by atoms with van der Waals surface area (Å²) in [6.07, 6.45) is 1.72. The number of rotatable bonds is 6. The van der Waals surface area contributed by atoms with E-state index in [1.54, 1.807) is 36.3 Å². The number of carbonyl (C=O) groups excluding carboxylic acids is 2. The number of carbonyl (C=O) groups is 2. The minimum absolute atomic E-state index is 0.0299. The Morgan fingerprint density at radius 1 is 1.06 bits per heavy atom. The fraction of sp³-hybridized carbons (Fsp3) is 0.148. The third-order valence-electron chi connectivity index (χ3n) is 5.25. The summed E-state index contributed by atoms with van der Waals surface area (Å²) >= 11 is 13.3. The number of anilines is 2. The van der Waals surface area contributed by atoms with Crippen molar-refractivity contribution in [3.8, 4) is 5.75 Å². The van der Waals surface area contributed by atoms with Crippen molar-refractivity contribution in [1.29, 1.82) is 0 Å². The molecule has 1 aliphatic heterocycles. The van der Waals surface area contributed by atoms with Gasteiger partial charge in [-0.2, -0.15) is 0 Å². The highest BCUT2D eigenvalue weighted by molar-refractivity contribution is 8.14. The van der Waals surface area contributed by atoms with Gasteiger partial charge in [0, 0.05) is 5.02 Å². The molecular weight excluding hydrogens is 517 g/mol. The first-order chi connectivity index (χ1) is 17.2. The van der Waals surface area contributed by atoms with Crippen LogP contribution >= 0.6 is 35.0 Å². The van der Waals surface area contributed by atoms with Gasteiger partial charge in [-0.05, 0) is 79.1 Å². The fourth-order valence-electron chi connectivity index (χ4n) is 3.67. The molecule has 0 saturated carbocycles. The molecule has 0 atom stereocenters. The molecule has 0 saturated heterocycles. The summed E-state index contributed by atoms with van der Waals surface area (Å²) in [6.45, 7) is 3.94. The van der Waals surface area contributed by atoms with Crippen LogP contribution in [0.1, 0.15) is 16.7 Å². The van der Waals surface area contributed by atoms with Crippen LogP contribution in [0.3, 0.4) is 0 Å². The molecule has 2 amide bonds. The van der Waals surface area contributed by atoms with Crippen molar-refractivity contribution >= 4 is 69.4 Å². The van der Waals surface area contributed by atoms with Crippen LogP contribution in [0.2, 0.25) is 10.0 Å². The number of nitrogens with one attached hydrogen (secondary N) is 1. The topological polar surface area (TPSA) is 71.0 Å². The molecule has 3 aromatic carbocycles. The van der Waals surface area contributed by atoms with Gasteiger partial charge in [0.25, 0.3) is 5.91 Å². The number of amides is 2. The third-order valence-corrected chi connectivity index (χ3v) is 6.74. The average molecular weight is 540 g/mol. The van der Waals surface area contributed by atoms with Crippen LogP contribution in [0.25, 0.3) is 6.08 Å². The number of halogens is 2. The predicted octanol–water partition coefficient (Wildman–Crippen LogP) is 6.73. The lowest BCUT2D eigenvalue weighted by atomic mass is 10.1. The predicted molar refractivity (Wildman–Crippen MR) is 149 cm³/mol. The molecule has 4 rings (SSSR count). The summed E-state index contributed by atoms with van der Waals surface area (Å²) in [7, 11) is 1.60. The number of aryl methyl sites for hydroxylation is 2. The Hall–Kier alpha value is -3.26. The van der Waals surface area contributed by atoms with Crippen molar-refractivity contribution in [2.75, 3.05) is 23.1 Å². The standard InChI is InChI=1S/C27H23Cl2N3O3S/c1-16-10-17(2)12-20(11-16)32-26(34)24(13-18-4-7-21(35-3)8-5-18)31-27(32)36-15-25(33)30-23-9-6-19(28)14-22(23)29/h4-14H,15H2,1-3H3,(H,30,33)/b24-13-. The molecule has 0 spiro atoms. The van der Waals surface area contributed by atoms with Crippen molar-refractivity contribution in [2.24, 2.45) is 4.99 Å². The van der Waals surface area contributed by atoms with E-state index in [9.17, 15) is 9.59 Å². The Balaban J connectivity index is 1.60. The van der Waals surface area contributed by atoms with Gasteiger partial charge in [0.05, 0.1) is 29.3 Å². The van der Waals surface area contributed by atoms with Gasteiger partial charge < -0.3 is 10.1 Å². The van der Waals surface area contributed by atoms with E-state index >= 15 is 0 Å². The van der Waals surface area contributed by atoms with Gasteiger partial charge in [-0.25, -0.2) is 4.99 Å². The lowest BCUT2D eigenvalue weighted by Crippen LogP contribution is -2.31. The minimum atomic E-state index is -0.285. The number of hydrogen-bond acceptors (Lipinski definition) is 5. The molecule has 3 aromatic rings. The molecule has 0 aromatic heterocycles. The molecule has 0 bridgehead atoms. The molecule has 1 N–H and O–H groups in total. The quantitative estimate of drug-likeness (QED) is 0.352. The Morgan fingerprint density at radius 2 is 1.75 bits per heavy atom. The SMILES string of the molecule is COc1ccc(/C=C2\N=C(SCC(=O)Nc3ccc(Cl)cc3Cl)N(c3cc(C)cc(C)c3)C2=O)cc1. The molecule has 0 radical (unpaired) electrons. The summed E-state index contributed by atoms with van der Waals surface area (Å²) in [4.78, 5) is 32.3. The second-order valence-corrected chi connectivity index (χ2v) is 9.93. The van der Waals surface area contributed by atoms with Crippen molar-refractivity contribution in [3.63, 3.8) is 0 Å². The lowest BCUT2D eigenvalue weighted by Gasteiger charge is -2.19. The van der Waals surface area contributed by atoms with Crippen LogP contribution < -0.4 is 15.0 Å². The number of hydrogen-bond donors (Lipinski definition) is 1. The van der Waals surface area contributed by atoms with Crippen LogP contribution in [0.4, 0.5) is 11.4 Å². The highest BCUT2D eigenvalue weighted by atomic mass is 35.5.